The molecule has 0 N–H and O–H groups in total. The molecule has 0 saturated carbocycles. The van der Waals surface area contributed by atoms with Crippen LogP contribution in [0.5, 0.6) is 0 Å². The van der Waals surface area contributed by atoms with Crippen LogP contribution in [0.15, 0.2) is 237 Å². The van der Waals surface area contributed by atoms with Gasteiger partial charge < -0.3 is 4.90 Å². The van der Waals surface area contributed by atoms with Gasteiger partial charge in [-0.15, -0.1) is 0 Å². The second kappa shape index (κ2) is 15.4. The topological polar surface area (TPSA) is 3.24 Å². The zero-order valence-corrected chi connectivity index (χ0v) is 35.0. The van der Waals surface area contributed by atoms with Crippen LogP contribution in [0.1, 0.15) is 25.0 Å². The summed E-state index contributed by atoms with van der Waals surface area (Å²) in [7, 11) is 0. The highest BCUT2D eigenvalue weighted by Crippen LogP contribution is 2.53. The zero-order valence-electron chi connectivity index (χ0n) is 35.0. The van der Waals surface area contributed by atoms with E-state index in [1.165, 1.54) is 88.7 Å². The molecule has 1 aliphatic carbocycles. The van der Waals surface area contributed by atoms with Crippen molar-refractivity contribution < 1.29 is 0 Å². The molecule has 10 aromatic carbocycles. The predicted octanol–water partition coefficient (Wildman–Crippen LogP) is 17.0. The maximum absolute atomic E-state index is 2.45. The third-order valence-corrected chi connectivity index (χ3v) is 12.9. The van der Waals surface area contributed by atoms with E-state index in [0.717, 1.165) is 17.1 Å². The van der Waals surface area contributed by atoms with Gasteiger partial charge in [-0.2, -0.15) is 0 Å². The summed E-state index contributed by atoms with van der Waals surface area (Å²) in [6.07, 6.45) is 0. The number of fused-ring (bicyclic) bond motifs is 2. The molecular weight excluding hydrogens is 747 g/mol. The Bertz CT molecular complexity index is 3060. The molecule has 294 valence electrons. The summed E-state index contributed by atoms with van der Waals surface area (Å²) in [5.41, 5.74) is 20.6. The standard InChI is InChI=1S/C61H45N/c1-61(2)57-20-12-19-51-33-39-55(50-17-10-5-11-18-50)60(59(51)57)56-40-38-54(41-58(56)61)62(52-34-29-48(30-35-52)46-25-21-44(22-26-46)42-13-6-3-7-14-42)53-36-31-49(32-37-53)47-27-23-45(24-28-47)43-15-8-4-9-16-43/h3-41H,1-2H3. The maximum atomic E-state index is 2.45. The maximum Gasteiger partial charge on any atom is 0.0465 e. The minimum atomic E-state index is -0.232. The highest BCUT2D eigenvalue weighted by atomic mass is 15.1. The zero-order chi connectivity index (χ0) is 41.6. The van der Waals surface area contributed by atoms with Crippen LogP contribution in [0.25, 0.3) is 77.5 Å². The quantitative estimate of drug-likeness (QED) is 0.148. The molecule has 0 aliphatic heterocycles. The SMILES string of the molecule is CC1(C)c2cc(N(c3ccc(-c4ccc(-c5ccccc5)cc4)cc3)c3ccc(-c4ccc(-c5ccccc5)cc4)cc3)ccc2-c2c(-c3ccccc3)ccc3cccc1c23. The molecule has 1 heteroatoms. The van der Waals surface area contributed by atoms with Gasteiger partial charge in [-0.25, -0.2) is 0 Å². The smallest absolute Gasteiger partial charge is 0.0465 e. The van der Waals surface area contributed by atoms with Gasteiger partial charge in [0.05, 0.1) is 0 Å². The van der Waals surface area contributed by atoms with E-state index in [1.807, 2.05) is 0 Å². The lowest BCUT2D eigenvalue weighted by molar-refractivity contribution is 0.645. The van der Waals surface area contributed by atoms with E-state index < -0.39 is 0 Å². The molecule has 0 atom stereocenters. The van der Waals surface area contributed by atoms with Crippen LogP contribution in [-0.4, -0.2) is 0 Å². The van der Waals surface area contributed by atoms with Gasteiger partial charge in [0.1, 0.15) is 0 Å². The number of anilines is 3. The number of nitrogens with zero attached hydrogens (tertiary/aromatic N) is 1. The lowest BCUT2D eigenvalue weighted by Gasteiger charge is -2.37. The van der Waals surface area contributed by atoms with Gasteiger partial charge >= 0.3 is 0 Å². The Kier molecular flexibility index (Phi) is 9.24. The van der Waals surface area contributed by atoms with Crippen molar-refractivity contribution in [3.05, 3.63) is 248 Å². The van der Waals surface area contributed by atoms with Crippen LogP contribution in [0.3, 0.4) is 0 Å². The Hall–Kier alpha value is -7.74. The van der Waals surface area contributed by atoms with Crippen molar-refractivity contribution in [2.45, 2.75) is 19.3 Å². The van der Waals surface area contributed by atoms with Crippen molar-refractivity contribution in [3.63, 3.8) is 0 Å². The Morgan fingerprint density at radius 2 is 0.677 bits per heavy atom. The van der Waals surface area contributed by atoms with Crippen molar-refractivity contribution in [3.8, 4) is 66.8 Å². The van der Waals surface area contributed by atoms with Crippen molar-refractivity contribution >= 4 is 27.8 Å². The number of hydrogen-bond donors (Lipinski definition) is 0. The second-order valence-electron chi connectivity index (χ2n) is 16.9. The van der Waals surface area contributed by atoms with E-state index in [1.54, 1.807) is 0 Å². The van der Waals surface area contributed by atoms with Gasteiger partial charge in [-0.1, -0.05) is 214 Å². The summed E-state index contributed by atoms with van der Waals surface area (Å²) in [4.78, 5) is 2.42. The highest BCUT2D eigenvalue weighted by Gasteiger charge is 2.35. The van der Waals surface area contributed by atoms with Crippen LogP contribution in [0, 0.1) is 0 Å². The summed E-state index contributed by atoms with van der Waals surface area (Å²) in [5.74, 6) is 0. The van der Waals surface area contributed by atoms with Crippen LogP contribution in [0.4, 0.5) is 17.1 Å². The van der Waals surface area contributed by atoms with E-state index in [-0.39, 0.29) is 5.41 Å². The van der Waals surface area contributed by atoms with Crippen molar-refractivity contribution in [2.75, 3.05) is 4.90 Å². The molecule has 1 aliphatic rings. The summed E-state index contributed by atoms with van der Waals surface area (Å²) < 4.78 is 0. The fraction of sp³-hybridized carbons (Fsp3) is 0.0492. The molecule has 0 bridgehead atoms. The van der Waals surface area contributed by atoms with Crippen molar-refractivity contribution in [1.29, 1.82) is 0 Å². The minimum absolute atomic E-state index is 0.232. The molecule has 0 spiro atoms. The first kappa shape index (κ1) is 37.3. The average Bonchev–Trinajstić information content (AvgIpc) is 3.34. The van der Waals surface area contributed by atoms with Gasteiger partial charge in [0.2, 0.25) is 0 Å². The Labute approximate surface area is 364 Å². The van der Waals surface area contributed by atoms with Gasteiger partial charge in [-0.3, -0.25) is 0 Å². The van der Waals surface area contributed by atoms with Crippen LogP contribution >= 0.6 is 0 Å². The predicted molar refractivity (Wildman–Crippen MR) is 263 cm³/mol. The summed E-state index contributed by atoms with van der Waals surface area (Å²) in [5, 5.41) is 2.64. The van der Waals surface area contributed by atoms with Crippen LogP contribution in [-0.2, 0) is 5.41 Å². The summed E-state index contributed by atoms with van der Waals surface area (Å²) >= 11 is 0. The number of benzene rings is 10. The van der Waals surface area contributed by atoms with E-state index in [9.17, 15) is 0 Å². The largest absolute Gasteiger partial charge is 0.310 e. The second-order valence-corrected chi connectivity index (χ2v) is 16.9. The van der Waals surface area contributed by atoms with E-state index in [4.69, 9.17) is 0 Å². The molecule has 0 amide bonds. The van der Waals surface area contributed by atoms with Crippen molar-refractivity contribution in [1.82, 2.24) is 0 Å². The average molecular weight is 792 g/mol. The normalized spacial score (nSPS) is 12.5. The van der Waals surface area contributed by atoms with Crippen LogP contribution in [0.2, 0.25) is 0 Å². The fourth-order valence-electron chi connectivity index (χ4n) is 9.61. The van der Waals surface area contributed by atoms with Gasteiger partial charge in [0, 0.05) is 22.5 Å². The van der Waals surface area contributed by atoms with E-state index in [2.05, 4.69) is 255 Å². The molecule has 0 fully saturated rings. The number of rotatable bonds is 8. The van der Waals surface area contributed by atoms with Crippen molar-refractivity contribution in [2.24, 2.45) is 0 Å². The molecule has 0 aromatic heterocycles. The molecule has 0 radical (unpaired) electrons. The van der Waals surface area contributed by atoms with E-state index in [0.29, 0.717) is 0 Å². The Morgan fingerprint density at radius 1 is 0.290 bits per heavy atom. The highest BCUT2D eigenvalue weighted by molar-refractivity contribution is 6.09. The molecule has 11 rings (SSSR count). The third-order valence-electron chi connectivity index (χ3n) is 12.9. The fourth-order valence-corrected chi connectivity index (χ4v) is 9.61. The first-order chi connectivity index (χ1) is 30.5. The minimum Gasteiger partial charge on any atom is -0.310 e. The molecule has 0 saturated heterocycles. The van der Waals surface area contributed by atoms with Gasteiger partial charge in [0.15, 0.2) is 0 Å². The molecule has 62 heavy (non-hydrogen) atoms. The van der Waals surface area contributed by atoms with Gasteiger partial charge in [0.25, 0.3) is 0 Å². The monoisotopic (exact) mass is 791 g/mol. The molecule has 1 nitrogen and oxygen atoms in total. The lowest BCUT2D eigenvalue weighted by atomic mass is 9.67. The lowest BCUT2D eigenvalue weighted by Crippen LogP contribution is -2.24. The van der Waals surface area contributed by atoms with E-state index >= 15 is 0 Å². The first-order valence-corrected chi connectivity index (χ1v) is 21.6. The number of hydrogen-bond acceptors (Lipinski definition) is 1. The van der Waals surface area contributed by atoms with Gasteiger partial charge in [-0.05, 0) is 125 Å². The molecule has 0 unspecified atom stereocenters. The van der Waals surface area contributed by atoms with Crippen LogP contribution < -0.4 is 4.90 Å². The Morgan fingerprint density at radius 3 is 1.15 bits per heavy atom. The molecule has 0 heterocycles. The summed E-state index contributed by atoms with van der Waals surface area (Å²) in [6, 6.07) is 86.5. The first-order valence-electron chi connectivity index (χ1n) is 21.6. The summed E-state index contributed by atoms with van der Waals surface area (Å²) in [6.45, 7) is 4.78. The Balaban J connectivity index is 1.01. The molecular formula is C61H45N. The molecule has 10 aromatic rings. The third kappa shape index (κ3) is 6.60.